The van der Waals surface area contributed by atoms with Gasteiger partial charge in [-0.1, -0.05) is 19.8 Å². The third-order valence-corrected chi connectivity index (χ3v) is 2.14. The van der Waals surface area contributed by atoms with Gasteiger partial charge in [0, 0.05) is 13.6 Å². The fourth-order valence-electron chi connectivity index (χ4n) is 0.797. The molecule has 6 heteroatoms. The molecule has 14 heavy (non-hydrogen) atoms. The van der Waals surface area contributed by atoms with Crippen molar-refractivity contribution < 1.29 is 0 Å². The molecule has 0 fully saturated rings. The van der Waals surface area contributed by atoms with Crippen LogP contribution in [0.5, 0.6) is 0 Å². The van der Waals surface area contributed by atoms with Crippen LogP contribution in [-0.4, -0.2) is 23.8 Å². The van der Waals surface area contributed by atoms with Gasteiger partial charge in [-0.15, -0.1) is 0 Å². The Morgan fingerprint density at radius 2 is 1.71 bits per heavy atom. The Bertz CT molecular complexity index is 184. The van der Waals surface area contributed by atoms with Crippen LogP contribution in [0, 0.1) is 0 Å². The van der Waals surface area contributed by atoms with E-state index >= 15 is 0 Å². The third-order valence-electron chi connectivity index (χ3n) is 1.58. The number of rotatable bonds is 4. The molecule has 0 amide bonds. The number of nitrogens with one attached hydrogen (secondary N) is 4. The quantitative estimate of drug-likeness (QED) is 0.325. The molecular formula is C8H18N4S2. The summed E-state index contributed by atoms with van der Waals surface area (Å²) in [6.07, 6.45) is 3.57. The molecule has 0 saturated heterocycles. The Balaban J connectivity index is 3.32. The molecule has 0 aliphatic heterocycles. The summed E-state index contributed by atoms with van der Waals surface area (Å²) in [6, 6.07) is 0. The number of hydrazine groups is 1. The molecule has 0 bridgehead atoms. The van der Waals surface area contributed by atoms with Crippen molar-refractivity contribution in [1.29, 1.82) is 0 Å². The van der Waals surface area contributed by atoms with Gasteiger partial charge in [-0.05, 0) is 30.9 Å². The second kappa shape index (κ2) is 8.96. The summed E-state index contributed by atoms with van der Waals surface area (Å²) in [6.45, 7) is 3.07. The minimum Gasteiger partial charge on any atom is -0.364 e. The first-order chi connectivity index (χ1) is 6.70. The number of hydrogen-bond acceptors (Lipinski definition) is 2. The van der Waals surface area contributed by atoms with Crippen LogP contribution in [0.2, 0.25) is 0 Å². The molecule has 0 rings (SSSR count). The van der Waals surface area contributed by atoms with Crippen LogP contribution >= 0.6 is 24.4 Å². The van der Waals surface area contributed by atoms with Crippen molar-refractivity contribution in [1.82, 2.24) is 21.5 Å². The third kappa shape index (κ3) is 8.00. The summed E-state index contributed by atoms with van der Waals surface area (Å²) in [5, 5.41) is 6.92. The summed E-state index contributed by atoms with van der Waals surface area (Å²) in [5.74, 6) is 0. The highest BCUT2D eigenvalue weighted by Crippen LogP contribution is 1.90. The molecule has 0 heterocycles. The lowest BCUT2D eigenvalue weighted by molar-refractivity contribution is 0.684. The number of thiocarbonyl (C=S) groups is 2. The molecule has 0 aliphatic carbocycles. The molecule has 0 aromatic rings. The standard InChI is InChI=1S/C8H18N4S2/c1-3-4-5-6-10-8(14)12-11-7(13)9-2/h3-6H2,1-2H3,(H2,9,11,13)(H2,10,12,14). The van der Waals surface area contributed by atoms with E-state index in [4.69, 9.17) is 24.4 Å². The molecule has 0 aliphatic rings. The van der Waals surface area contributed by atoms with Crippen molar-refractivity contribution in [2.24, 2.45) is 0 Å². The summed E-state index contributed by atoms with van der Waals surface area (Å²) in [5.41, 5.74) is 5.52. The largest absolute Gasteiger partial charge is 0.364 e. The van der Waals surface area contributed by atoms with E-state index in [0.717, 1.165) is 13.0 Å². The monoisotopic (exact) mass is 234 g/mol. The summed E-state index contributed by atoms with van der Waals surface area (Å²) in [7, 11) is 1.74. The summed E-state index contributed by atoms with van der Waals surface area (Å²) in [4.78, 5) is 0. The van der Waals surface area contributed by atoms with Crippen molar-refractivity contribution in [2.75, 3.05) is 13.6 Å². The van der Waals surface area contributed by atoms with Crippen molar-refractivity contribution >= 4 is 34.7 Å². The van der Waals surface area contributed by atoms with E-state index in [-0.39, 0.29) is 0 Å². The van der Waals surface area contributed by atoms with Gasteiger partial charge in [-0.2, -0.15) is 0 Å². The van der Waals surface area contributed by atoms with E-state index < -0.39 is 0 Å². The lowest BCUT2D eigenvalue weighted by atomic mass is 10.2. The Labute approximate surface area is 96.2 Å². The molecule has 0 aromatic heterocycles. The van der Waals surface area contributed by atoms with Crippen LogP contribution in [0.15, 0.2) is 0 Å². The van der Waals surface area contributed by atoms with Gasteiger partial charge in [0.25, 0.3) is 0 Å². The molecule has 0 saturated carbocycles. The normalized spacial score (nSPS) is 9.00. The van der Waals surface area contributed by atoms with E-state index in [2.05, 4.69) is 28.4 Å². The predicted molar refractivity (Wildman–Crippen MR) is 68.1 cm³/mol. The Morgan fingerprint density at radius 1 is 1.07 bits per heavy atom. The van der Waals surface area contributed by atoms with Crippen molar-refractivity contribution in [3.05, 3.63) is 0 Å². The molecule has 0 aromatic carbocycles. The zero-order valence-electron chi connectivity index (χ0n) is 8.64. The Hall–Kier alpha value is -0.620. The molecule has 4 N–H and O–H groups in total. The minimum atomic E-state index is 0.516. The van der Waals surface area contributed by atoms with E-state index in [1.807, 2.05) is 0 Å². The molecular weight excluding hydrogens is 216 g/mol. The fraction of sp³-hybridized carbons (Fsp3) is 0.750. The lowest BCUT2D eigenvalue weighted by Gasteiger charge is -2.12. The van der Waals surface area contributed by atoms with Crippen molar-refractivity contribution in [2.45, 2.75) is 26.2 Å². The molecule has 0 unspecified atom stereocenters. The van der Waals surface area contributed by atoms with Crippen LogP contribution in [-0.2, 0) is 0 Å². The highest BCUT2D eigenvalue weighted by atomic mass is 32.1. The first kappa shape index (κ1) is 13.4. The van der Waals surface area contributed by atoms with E-state index in [0.29, 0.717) is 10.2 Å². The zero-order valence-corrected chi connectivity index (χ0v) is 10.3. The molecule has 4 nitrogen and oxygen atoms in total. The van der Waals surface area contributed by atoms with Crippen LogP contribution in [0.25, 0.3) is 0 Å². The van der Waals surface area contributed by atoms with Crippen LogP contribution in [0.4, 0.5) is 0 Å². The van der Waals surface area contributed by atoms with Gasteiger partial charge in [-0.25, -0.2) is 0 Å². The first-order valence-electron chi connectivity index (χ1n) is 4.72. The Morgan fingerprint density at radius 3 is 2.29 bits per heavy atom. The fourth-order valence-corrected chi connectivity index (χ4v) is 1.00. The van der Waals surface area contributed by atoms with E-state index in [1.165, 1.54) is 12.8 Å². The van der Waals surface area contributed by atoms with Gasteiger partial charge in [0.15, 0.2) is 10.2 Å². The van der Waals surface area contributed by atoms with Gasteiger partial charge < -0.3 is 10.6 Å². The van der Waals surface area contributed by atoms with Gasteiger partial charge in [0.1, 0.15) is 0 Å². The number of hydrogen-bond donors (Lipinski definition) is 4. The zero-order chi connectivity index (χ0) is 10.8. The van der Waals surface area contributed by atoms with Crippen molar-refractivity contribution in [3.8, 4) is 0 Å². The maximum atomic E-state index is 5.00. The van der Waals surface area contributed by atoms with Crippen LogP contribution in [0.3, 0.4) is 0 Å². The molecule has 0 atom stereocenters. The van der Waals surface area contributed by atoms with Gasteiger partial charge in [0.05, 0.1) is 0 Å². The van der Waals surface area contributed by atoms with Gasteiger partial charge >= 0.3 is 0 Å². The summed E-state index contributed by atoms with van der Waals surface area (Å²) < 4.78 is 0. The van der Waals surface area contributed by atoms with Gasteiger partial charge in [-0.3, -0.25) is 10.9 Å². The van der Waals surface area contributed by atoms with Crippen LogP contribution < -0.4 is 21.5 Å². The van der Waals surface area contributed by atoms with E-state index in [9.17, 15) is 0 Å². The second-order valence-electron chi connectivity index (χ2n) is 2.79. The molecule has 0 spiro atoms. The smallest absolute Gasteiger partial charge is 0.185 e. The van der Waals surface area contributed by atoms with Crippen LogP contribution in [0.1, 0.15) is 26.2 Å². The highest BCUT2D eigenvalue weighted by Gasteiger charge is 1.94. The first-order valence-corrected chi connectivity index (χ1v) is 5.54. The predicted octanol–water partition coefficient (Wildman–Crippen LogP) is 0.650. The lowest BCUT2D eigenvalue weighted by Crippen LogP contribution is -2.49. The number of unbranched alkanes of at least 4 members (excludes halogenated alkanes) is 2. The maximum Gasteiger partial charge on any atom is 0.185 e. The van der Waals surface area contributed by atoms with Crippen molar-refractivity contribution in [3.63, 3.8) is 0 Å². The Kier molecular flexibility index (Phi) is 8.56. The molecule has 0 radical (unpaired) electrons. The molecule has 82 valence electrons. The SMILES string of the molecule is CCCCCNC(=S)NNC(=S)NC. The average Bonchev–Trinajstić information content (AvgIpc) is 2.21. The highest BCUT2D eigenvalue weighted by molar-refractivity contribution is 7.80. The second-order valence-corrected chi connectivity index (χ2v) is 3.61. The van der Waals surface area contributed by atoms with E-state index in [1.54, 1.807) is 7.05 Å². The average molecular weight is 234 g/mol. The van der Waals surface area contributed by atoms with Gasteiger partial charge in [0.2, 0.25) is 0 Å². The topological polar surface area (TPSA) is 48.1 Å². The maximum absolute atomic E-state index is 5.00. The summed E-state index contributed by atoms with van der Waals surface area (Å²) >= 11 is 9.85. The minimum absolute atomic E-state index is 0.516.